The summed E-state index contributed by atoms with van der Waals surface area (Å²) >= 11 is 16.8. The van der Waals surface area contributed by atoms with Gasteiger partial charge in [0.25, 0.3) is 0 Å². The van der Waals surface area contributed by atoms with Crippen LogP contribution in [0.15, 0.2) is 12.1 Å². The maximum Gasteiger partial charge on any atom is 0.436 e. The van der Waals surface area contributed by atoms with Gasteiger partial charge in [0.15, 0.2) is 10.8 Å². The monoisotopic (exact) mass is 300 g/mol. The summed E-state index contributed by atoms with van der Waals surface area (Å²) in [5, 5.41) is -0.448. The maximum atomic E-state index is 12.5. The summed E-state index contributed by atoms with van der Waals surface area (Å²) in [6.07, 6.45) is -4.66. The highest BCUT2D eigenvalue weighted by molar-refractivity contribution is 6.42. The van der Waals surface area contributed by atoms with E-state index in [4.69, 9.17) is 34.8 Å². The van der Waals surface area contributed by atoms with Crippen molar-refractivity contribution < 1.29 is 13.2 Å². The Bertz CT molecular complexity index is 598. The first-order valence-electron chi connectivity index (χ1n) is 4.18. The van der Waals surface area contributed by atoms with Crippen LogP contribution in [0, 0.1) is 0 Å². The Balaban J connectivity index is 2.76. The van der Waals surface area contributed by atoms with E-state index in [1.807, 2.05) is 0 Å². The molecule has 0 aliphatic heterocycles. The fourth-order valence-electron chi connectivity index (χ4n) is 1.21. The first kappa shape index (κ1) is 12.7. The van der Waals surface area contributed by atoms with E-state index in [9.17, 15) is 13.2 Å². The molecular weight excluding hydrogens is 299 g/mol. The highest BCUT2D eigenvalue weighted by atomic mass is 35.5. The fraction of sp³-hybridized carbons (Fsp3) is 0.111. The number of hydrogen-bond donors (Lipinski definition) is 0. The summed E-state index contributed by atoms with van der Waals surface area (Å²) in [7, 11) is 0. The lowest BCUT2D eigenvalue weighted by molar-refractivity contribution is -0.141. The Morgan fingerprint density at radius 3 is 1.82 bits per heavy atom. The first-order valence-corrected chi connectivity index (χ1v) is 5.32. The van der Waals surface area contributed by atoms with Gasteiger partial charge in [-0.15, -0.1) is 0 Å². The van der Waals surface area contributed by atoms with Crippen molar-refractivity contribution in [1.29, 1.82) is 0 Å². The van der Waals surface area contributed by atoms with Gasteiger partial charge in [0.2, 0.25) is 0 Å². The molecule has 0 saturated carbocycles. The van der Waals surface area contributed by atoms with Crippen LogP contribution in [0.5, 0.6) is 0 Å². The molecule has 0 saturated heterocycles. The molecule has 0 amide bonds. The quantitative estimate of drug-likeness (QED) is 0.710. The molecule has 90 valence electrons. The van der Waals surface area contributed by atoms with Gasteiger partial charge >= 0.3 is 6.18 Å². The molecule has 0 radical (unpaired) electrons. The van der Waals surface area contributed by atoms with Crippen LogP contribution in [0.25, 0.3) is 11.0 Å². The van der Waals surface area contributed by atoms with Gasteiger partial charge in [0.1, 0.15) is 0 Å². The average molecular weight is 301 g/mol. The van der Waals surface area contributed by atoms with Gasteiger partial charge < -0.3 is 0 Å². The van der Waals surface area contributed by atoms with Crippen molar-refractivity contribution >= 4 is 45.8 Å². The zero-order chi connectivity index (χ0) is 12.8. The number of benzene rings is 1. The van der Waals surface area contributed by atoms with Gasteiger partial charge in [-0.3, -0.25) is 0 Å². The predicted octanol–water partition coefficient (Wildman–Crippen LogP) is 4.61. The third-order valence-corrected chi connectivity index (χ3v) is 2.92. The molecule has 2 rings (SSSR count). The van der Waals surface area contributed by atoms with Crippen LogP contribution >= 0.6 is 34.8 Å². The van der Waals surface area contributed by atoms with Crippen molar-refractivity contribution in [3.8, 4) is 0 Å². The SMILES string of the molecule is FC(F)(F)c1nc2cc(Cl)c(Cl)cc2nc1Cl. The van der Waals surface area contributed by atoms with Gasteiger partial charge in [-0.05, 0) is 12.1 Å². The van der Waals surface area contributed by atoms with Crippen LogP contribution in [-0.2, 0) is 6.18 Å². The lowest BCUT2D eigenvalue weighted by Gasteiger charge is -2.08. The molecule has 0 N–H and O–H groups in total. The molecule has 0 bridgehead atoms. The number of hydrogen-bond acceptors (Lipinski definition) is 2. The third-order valence-electron chi connectivity index (χ3n) is 1.93. The van der Waals surface area contributed by atoms with E-state index >= 15 is 0 Å². The highest BCUT2D eigenvalue weighted by Gasteiger charge is 2.36. The minimum absolute atomic E-state index is 0.0175. The number of rotatable bonds is 0. The Morgan fingerprint density at radius 2 is 1.35 bits per heavy atom. The molecule has 1 aromatic carbocycles. The molecule has 0 unspecified atom stereocenters. The van der Waals surface area contributed by atoms with Crippen molar-refractivity contribution in [2.45, 2.75) is 6.18 Å². The van der Waals surface area contributed by atoms with E-state index < -0.39 is 17.0 Å². The molecule has 0 atom stereocenters. The molecule has 0 fully saturated rings. The second-order valence-electron chi connectivity index (χ2n) is 3.12. The van der Waals surface area contributed by atoms with Crippen LogP contribution in [0.2, 0.25) is 15.2 Å². The molecule has 0 aliphatic carbocycles. The summed E-state index contributed by atoms with van der Waals surface area (Å²) < 4.78 is 37.5. The Hall–Kier alpha value is -0.780. The van der Waals surface area contributed by atoms with Crippen LogP contribution < -0.4 is 0 Å². The number of aromatic nitrogens is 2. The maximum absolute atomic E-state index is 12.5. The number of nitrogens with zero attached hydrogens (tertiary/aromatic N) is 2. The molecule has 17 heavy (non-hydrogen) atoms. The van der Waals surface area contributed by atoms with Crippen molar-refractivity contribution in [1.82, 2.24) is 9.97 Å². The zero-order valence-corrected chi connectivity index (χ0v) is 10.1. The van der Waals surface area contributed by atoms with E-state index in [0.717, 1.165) is 0 Å². The standard InChI is InChI=1S/C9H2Cl3F3N2/c10-3-1-5-6(2-4(3)11)17-8(12)7(16-5)9(13,14)15/h1-2H. The summed E-state index contributed by atoms with van der Waals surface area (Å²) in [4.78, 5) is 6.97. The molecule has 1 aromatic heterocycles. The van der Waals surface area contributed by atoms with Crippen molar-refractivity contribution in [3.05, 3.63) is 33.0 Å². The van der Waals surface area contributed by atoms with E-state index in [1.54, 1.807) is 0 Å². The van der Waals surface area contributed by atoms with Crippen molar-refractivity contribution in [3.63, 3.8) is 0 Å². The van der Waals surface area contributed by atoms with Crippen molar-refractivity contribution in [2.75, 3.05) is 0 Å². The fourth-order valence-corrected chi connectivity index (χ4v) is 1.77. The second kappa shape index (κ2) is 4.15. The smallest absolute Gasteiger partial charge is 0.239 e. The van der Waals surface area contributed by atoms with Gasteiger partial charge in [0, 0.05) is 0 Å². The Labute approximate surface area is 108 Å². The summed E-state index contributed by atoms with van der Waals surface area (Å²) in [6.45, 7) is 0. The molecule has 1 heterocycles. The summed E-state index contributed by atoms with van der Waals surface area (Å²) in [5.74, 6) is 0. The molecular formula is C9H2Cl3F3N2. The van der Waals surface area contributed by atoms with E-state index in [2.05, 4.69) is 9.97 Å². The van der Waals surface area contributed by atoms with Gasteiger partial charge in [-0.25, -0.2) is 9.97 Å². The molecule has 2 aromatic rings. The lowest BCUT2D eigenvalue weighted by Crippen LogP contribution is -2.10. The molecule has 2 nitrogen and oxygen atoms in total. The number of alkyl halides is 3. The second-order valence-corrected chi connectivity index (χ2v) is 4.29. The van der Waals surface area contributed by atoms with Crippen molar-refractivity contribution in [2.24, 2.45) is 0 Å². The first-order chi connectivity index (χ1) is 7.79. The van der Waals surface area contributed by atoms with Gasteiger partial charge in [0.05, 0.1) is 21.1 Å². The zero-order valence-electron chi connectivity index (χ0n) is 7.82. The topological polar surface area (TPSA) is 25.8 Å². The largest absolute Gasteiger partial charge is 0.436 e. The number of fused-ring (bicyclic) bond motifs is 1. The summed E-state index contributed by atoms with van der Waals surface area (Å²) in [5.41, 5.74) is -1.11. The van der Waals surface area contributed by atoms with Crippen LogP contribution in [-0.4, -0.2) is 9.97 Å². The van der Waals surface area contributed by atoms with E-state index in [1.165, 1.54) is 12.1 Å². The minimum Gasteiger partial charge on any atom is -0.239 e. The Kier molecular flexibility index (Phi) is 3.10. The molecule has 0 spiro atoms. The van der Waals surface area contributed by atoms with Crippen LogP contribution in [0.3, 0.4) is 0 Å². The Morgan fingerprint density at radius 1 is 0.882 bits per heavy atom. The predicted molar refractivity (Wildman–Crippen MR) is 59.6 cm³/mol. The third kappa shape index (κ3) is 2.41. The molecule has 8 heteroatoms. The van der Waals surface area contributed by atoms with Gasteiger partial charge in [-0.1, -0.05) is 34.8 Å². The van der Waals surface area contributed by atoms with Crippen LogP contribution in [0.4, 0.5) is 13.2 Å². The highest BCUT2D eigenvalue weighted by Crippen LogP contribution is 2.34. The van der Waals surface area contributed by atoms with E-state index in [0.29, 0.717) is 0 Å². The lowest BCUT2D eigenvalue weighted by atomic mass is 10.3. The van der Waals surface area contributed by atoms with E-state index in [-0.39, 0.29) is 21.1 Å². The van der Waals surface area contributed by atoms with Gasteiger partial charge in [-0.2, -0.15) is 13.2 Å². The number of halogens is 6. The average Bonchev–Trinajstić information content (AvgIpc) is 2.18. The minimum atomic E-state index is -4.66. The summed E-state index contributed by atoms with van der Waals surface area (Å²) in [6, 6.07) is 2.51. The normalized spacial score (nSPS) is 12.1. The van der Waals surface area contributed by atoms with Crippen LogP contribution in [0.1, 0.15) is 5.69 Å². The molecule has 0 aliphatic rings.